The van der Waals surface area contributed by atoms with Gasteiger partial charge in [-0.15, -0.1) is 0 Å². The summed E-state index contributed by atoms with van der Waals surface area (Å²) in [6, 6.07) is 4.05. The largest absolute Gasteiger partial charge is 0.477 e. The Kier molecular flexibility index (Phi) is 3.72. The molecule has 0 N–H and O–H groups in total. The average Bonchev–Trinajstić information content (AvgIpc) is 2.13. The molecule has 0 unspecified atom stereocenters. The van der Waals surface area contributed by atoms with E-state index < -0.39 is 0 Å². The molecule has 0 aliphatic carbocycles. The highest BCUT2D eigenvalue weighted by atomic mass is 16.5. The van der Waals surface area contributed by atoms with Crippen LogP contribution in [0.4, 0.5) is 0 Å². The highest BCUT2D eigenvalue weighted by Crippen LogP contribution is 2.29. The average molecular weight is 207 g/mol. The maximum Gasteiger partial charge on any atom is 0.217 e. The fourth-order valence-electron chi connectivity index (χ4n) is 1.32. The van der Waals surface area contributed by atoms with Crippen LogP contribution in [0.5, 0.6) is 5.88 Å². The minimum Gasteiger partial charge on any atom is -0.477 e. The fourth-order valence-corrected chi connectivity index (χ4v) is 1.32. The van der Waals surface area contributed by atoms with Crippen LogP contribution in [0.1, 0.15) is 40.2 Å². The van der Waals surface area contributed by atoms with Crippen molar-refractivity contribution in [1.29, 1.82) is 0 Å². The molecule has 0 aliphatic rings. The van der Waals surface area contributed by atoms with Gasteiger partial charge in [0.1, 0.15) is 0 Å². The van der Waals surface area contributed by atoms with Crippen molar-refractivity contribution < 1.29 is 4.74 Å². The van der Waals surface area contributed by atoms with E-state index in [9.17, 15) is 0 Å². The van der Waals surface area contributed by atoms with Crippen molar-refractivity contribution in [3.05, 3.63) is 23.9 Å². The lowest BCUT2D eigenvalue weighted by molar-refractivity contribution is 0.255. The Bertz CT molecular complexity index is 313. The minimum absolute atomic E-state index is 0.0839. The van der Waals surface area contributed by atoms with Gasteiger partial charge in [0.25, 0.3) is 0 Å². The quantitative estimate of drug-likeness (QED) is 0.757. The molecule has 0 amide bonds. The minimum atomic E-state index is 0.0839. The Labute approximate surface area is 92.7 Å². The Morgan fingerprint density at radius 1 is 1.33 bits per heavy atom. The van der Waals surface area contributed by atoms with Crippen molar-refractivity contribution in [3.63, 3.8) is 0 Å². The predicted molar refractivity (Wildman–Crippen MR) is 63.3 cm³/mol. The summed E-state index contributed by atoms with van der Waals surface area (Å²) in [4.78, 5) is 4.29. The van der Waals surface area contributed by atoms with E-state index in [0.717, 1.165) is 12.5 Å². The fraction of sp³-hybridized carbons (Fsp3) is 0.615. The molecule has 0 spiro atoms. The van der Waals surface area contributed by atoms with Crippen LogP contribution in [0.15, 0.2) is 18.3 Å². The molecule has 0 atom stereocenters. The normalized spacial score (nSPS) is 11.9. The maximum atomic E-state index is 5.71. The number of ether oxygens (including phenoxy) is 1. The zero-order valence-corrected chi connectivity index (χ0v) is 10.4. The molecule has 2 heteroatoms. The monoisotopic (exact) mass is 207 g/mol. The molecule has 1 aromatic heterocycles. The molecule has 2 nitrogen and oxygen atoms in total. The van der Waals surface area contributed by atoms with Gasteiger partial charge in [-0.2, -0.15) is 0 Å². The number of rotatable bonds is 3. The van der Waals surface area contributed by atoms with E-state index in [1.807, 2.05) is 6.07 Å². The van der Waals surface area contributed by atoms with E-state index in [1.54, 1.807) is 6.20 Å². The number of pyridine rings is 1. The summed E-state index contributed by atoms with van der Waals surface area (Å²) in [7, 11) is 0. The molecule has 1 aromatic rings. The third kappa shape index (κ3) is 3.54. The molecule has 0 saturated carbocycles. The molecule has 0 fully saturated rings. The molecule has 15 heavy (non-hydrogen) atoms. The second-order valence-electron chi connectivity index (χ2n) is 5.31. The summed E-state index contributed by atoms with van der Waals surface area (Å²) >= 11 is 0. The van der Waals surface area contributed by atoms with Crippen LogP contribution in [-0.4, -0.2) is 11.6 Å². The summed E-state index contributed by atoms with van der Waals surface area (Å²) in [5, 5.41) is 0. The smallest absolute Gasteiger partial charge is 0.217 e. The van der Waals surface area contributed by atoms with Crippen LogP contribution in [0.3, 0.4) is 0 Å². The zero-order valence-electron chi connectivity index (χ0n) is 10.4. The van der Waals surface area contributed by atoms with Crippen molar-refractivity contribution in [1.82, 2.24) is 4.98 Å². The van der Waals surface area contributed by atoms with Crippen molar-refractivity contribution in [2.45, 2.75) is 40.0 Å². The molecule has 0 aromatic carbocycles. The second kappa shape index (κ2) is 4.65. The van der Waals surface area contributed by atoms with Crippen molar-refractivity contribution in [2.75, 3.05) is 6.61 Å². The van der Waals surface area contributed by atoms with Crippen LogP contribution in [0, 0.1) is 5.92 Å². The first kappa shape index (κ1) is 12.0. The number of aromatic nitrogens is 1. The summed E-state index contributed by atoms with van der Waals surface area (Å²) in [6.45, 7) is 11.5. The van der Waals surface area contributed by atoms with Crippen LogP contribution in [0.2, 0.25) is 0 Å². The second-order valence-corrected chi connectivity index (χ2v) is 5.31. The zero-order chi connectivity index (χ0) is 11.5. The van der Waals surface area contributed by atoms with Gasteiger partial charge in [-0.1, -0.05) is 40.7 Å². The van der Waals surface area contributed by atoms with Gasteiger partial charge in [-0.05, 0) is 17.4 Å². The highest BCUT2D eigenvalue weighted by molar-refractivity contribution is 5.31. The molecule has 1 rings (SSSR count). The van der Waals surface area contributed by atoms with Crippen LogP contribution >= 0.6 is 0 Å². The van der Waals surface area contributed by atoms with Crippen LogP contribution in [0.25, 0.3) is 0 Å². The van der Waals surface area contributed by atoms with Gasteiger partial charge < -0.3 is 4.74 Å². The molecule has 0 radical (unpaired) electrons. The lowest BCUT2D eigenvalue weighted by Gasteiger charge is -2.22. The Hall–Kier alpha value is -1.05. The molecule has 84 valence electrons. The topological polar surface area (TPSA) is 22.1 Å². The van der Waals surface area contributed by atoms with E-state index >= 15 is 0 Å². The molecule has 0 aliphatic heterocycles. The number of hydrogen-bond donors (Lipinski definition) is 0. The number of hydrogen-bond acceptors (Lipinski definition) is 2. The molecular formula is C13H21NO. The first-order chi connectivity index (χ1) is 6.91. The van der Waals surface area contributed by atoms with Crippen molar-refractivity contribution >= 4 is 0 Å². The summed E-state index contributed by atoms with van der Waals surface area (Å²) < 4.78 is 5.71. The van der Waals surface area contributed by atoms with Gasteiger partial charge in [-0.25, -0.2) is 4.98 Å². The Morgan fingerprint density at radius 3 is 2.53 bits per heavy atom. The van der Waals surface area contributed by atoms with Gasteiger partial charge in [0.2, 0.25) is 5.88 Å². The van der Waals surface area contributed by atoms with E-state index in [1.165, 1.54) is 5.56 Å². The van der Waals surface area contributed by atoms with Gasteiger partial charge in [0, 0.05) is 11.8 Å². The van der Waals surface area contributed by atoms with E-state index in [4.69, 9.17) is 4.74 Å². The van der Waals surface area contributed by atoms with Crippen LogP contribution in [-0.2, 0) is 5.41 Å². The standard InChI is InChI=1S/C13H21NO/c1-10(2)9-15-12-11(13(3,4)5)7-6-8-14-12/h6-8,10H,9H2,1-5H3. The van der Waals surface area contributed by atoms with E-state index in [0.29, 0.717) is 5.92 Å². The van der Waals surface area contributed by atoms with E-state index in [2.05, 4.69) is 45.7 Å². The molecule has 1 heterocycles. The lowest BCUT2D eigenvalue weighted by Crippen LogP contribution is -2.15. The third-order valence-electron chi connectivity index (χ3n) is 2.13. The number of nitrogens with zero attached hydrogens (tertiary/aromatic N) is 1. The SMILES string of the molecule is CC(C)COc1ncccc1C(C)(C)C. The summed E-state index contributed by atoms with van der Waals surface area (Å²) in [5.41, 5.74) is 1.26. The van der Waals surface area contributed by atoms with Gasteiger partial charge >= 0.3 is 0 Å². The third-order valence-corrected chi connectivity index (χ3v) is 2.13. The first-order valence-corrected chi connectivity index (χ1v) is 5.49. The van der Waals surface area contributed by atoms with E-state index in [-0.39, 0.29) is 5.41 Å². The Balaban J connectivity index is 2.87. The van der Waals surface area contributed by atoms with Crippen molar-refractivity contribution in [2.24, 2.45) is 5.92 Å². The molecule has 0 saturated heterocycles. The van der Waals surface area contributed by atoms with Gasteiger partial charge in [-0.3, -0.25) is 0 Å². The maximum absolute atomic E-state index is 5.71. The summed E-state index contributed by atoms with van der Waals surface area (Å²) in [5.74, 6) is 1.30. The Morgan fingerprint density at radius 2 is 2.00 bits per heavy atom. The molecular weight excluding hydrogens is 186 g/mol. The first-order valence-electron chi connectivity index (χ1n) is 5.49. The highest BCUT2D eigenvalue weighted by Gasteiger charge is 2.19. The predicted octanol–water partition coefficient (Wildman–Crippen LogP) is 3.41. The lowest BCUT2D eigenvalue weighted by atomic mass is 9.88. The van der Waals surface area contributed by atoms with Gasteiger partial charge in [0.15, 0.2) is 0 Å². The van der Waals surface area contributed by atoms with Gasteiger partial charge in [0.05, 0.1) is 6.61 Å². The molecule has 0 bridgehead atoms. The summed E-state index contributed by atoms with van der Waals surface area (Å²) in [6.07, 6.45) is 1.78. The van der Waals surface area contributed by atoms with Crippen LogP contribution < -0.4 is 4.74 Å². The van der Waals surface area contributed by atoms with Crippen molar-refractivity contribution in [3.8, 4) is 5.88 Å².